The van der Waals surface area contributed by atoms with Gasteiger partial charge in [-0.15, -0.1) is 16.6 Å². The topological polar surface area (TPSA) is 69.4 Å². The highest BCUT2D eigenvalue weighted by molar-refractivity contribution is 7.19. The molecule has 0 aliphatic heterocycles. The highest BCUT2D eigenvalue weighted by Crippen LogP contribution is 2.33. The Morgan fingerprint density at radius 1 is 1.33 bits per heavy atom. The van der Waals surface area contributed by atoms with Crippen LogP contribution in [0.15, 0.2) is 24.3 Å². The summed E-state index contributed by atoms with van der Waals surface area (Å²) in [6.07, 6.45) is 0.351. The fraction of sp³-hybridized carbons (Fsp3) is 0.143. The molecule has 0 saturated heterocycles. The van der Waals surface area contributed by atoms with E-state index >= 15 is 0 Å². The lowest BCUT2D eigenvalue weighted by molar-refractivity contribution is -0.146. The van der Waals surface area contributed by atoms with Crippen LogP contribution in [0.5, 0.6) is 0 Å². The van der Waals surface area contributed by atoms with Crippen LogP contribution in [0.3, 0.4) is 0 Å². The van der Waals surface area contributed by atoms with Crippen LogP contribution < -0.4 is 0 Å². The zero-order valence-electron chi connectivity index (χ0n) is 11.7. The molecule has 0 radical (unpaired) electrons. The smallest absolute Gasteiger partial charge is 0.449 e. The predicted molar refractivity (Wildman–Crippen MR) is 78.2 cm³/mol. The zero-order valence-corrected chi connectivity index (χ0v) is 12.6. The SMILES string of the molecule is C#CCOC(=O)c1ccccc1-c1nn2c(C(F)(F)F)nnc2s1. The highest BCUT2D eigenvalue weighted by Gasteiger charge is 2.38. The molecule has 0 aliphatic carbocycles. The Kier molecular flexibility index (Phi) is 3.94. The number of carbonyl (C=O) groups excluding carboxylic acids is 1. The van der Waals surface area contributed by atoms with Crippen LogP contribution in [-0.4, -0.2) is 32.4 Å². The minimum atomic E-state index is -4.68. The number of nitrogens with zero attached hydrogens (tertiary/aromatic N) is 4. The second-order valence-electron chi connectivity index (χ2n) is 4.45. The van der Waals surface area contributed by atoms with Crippen molar-refractivity contribution in [2.45, 2.75) is 6.18 Å². The van der Waals surface area contributed by atoms with Gasteiger partial charge in [0.25, 0.3) is 5.82 Å². The van der Waals surface area contributed by atoms with E-state index in [0.717, 1.165) is 11.3 Å². The number of esters is 1. The van der Waals surface area contributed by atoms with Crippen molar-refractivity contribution in [3.8, 4) is 22.9 Å². The molecule has 2 aromatic heterocycles. The summed E-state index contributed by atoms with van der Waals surface area (Å²) in [6.45, 7) is -0.212. The molecule has 0 aliphatic rings. The number of benzene rings is 1. The predicted octanol–water partition coefficient (Wildman–Crippen LogP) is 2.66. The summed E-state index contributed by atoms with van der Waals surface area (Å²) in [6, 6.07) is 6.24. The van der Waals surface area contributed by atoms with Crippen LogP contribution in [0.2, 0.25) is 0 Å². The van der Waals surface area contributed by atoms with Crippen LogP contribution in [0.4, 0.5) is 13.2 Å². The van der Waals surface area contributed by atoms with Crippen LogP contribution in [-0.2, 0) is 10.9 Å². The van der Waals surface area contributed by atoms with E-state index in [4.69, 9.17) is 11.2 Å². The van der Waals surface area contributed by atoms with Gasteiger partial charge in [0, 0.05) is 5.56 Å². The van der Waals surface area contributed by atoms with Crippen molar-refractivity contribution in [2.24, 2.45) is 0 Å². The average Bonchev–Trinajstić information content (AvgIpc) is 3.11. The van der Waals surface area contributed by atoms with Gasteiger partial charge in [-0.05, 0) is 6.07 Å². The number of aromatic nitrogens is 4. The molecule has 0 spiro atoms. The summed E-state index contributed by atoms with van der Waals surface area (Å²) in [4.78, 5) is 12.0. The molecule has 6 nitrogen and oxygen atoms in total. The number of rotatable bonds is 3. The summed E-state index contributed by atoms with van der Waals surface area (Å²) in [5.41, 5.74) is 0.467. The second-order valence-corrected chi connectivity index (χ2v) is 5.40. The molecular weight excluding hydrogens is 345 g/mol. The molecule has 0 N–H and O–H groups in total. The third-order valence-electron chi connectivity index (χ3n) is 2.91. The first-order chi connectivity index (χ1) is 11.4. The maximum atomic E-state index is 12.9. The van der Waals surface area contributed by atoms with Crippen molar-refractivity contribution < 1.29 is 22.7 Å². The first kappa shape index (κ1) is 15.9. The van der Waals surface area contributed by atoms with E-state index in [9.17, 15) is 18.0 Å². The number of terminal acetylenes is 1. The van der Waals surface area contributed by atoms with Crippen LogP contribution >= 0.6 is 11.3 Å². The molecular formula is C14H7F3N4O2S. The van der Waals surface area contributed by atoms with E-state index in [2.05, 4.69) is 21.2 Å². The van der Waals surface area contributed by atoms with E-state index in [1.54, 1.807) is 18.2 Å². The molecule has 0 fully saturated rings. The molecule has 10 heteroatoms. The number of ether oxygens (including phenoxy) is 1. The quantitative estimate of drug-likeness (QED) is 0.535. The fourth-order valence-electron chi connectivity index (χ4n) is 1.94. The summed E-state index contributed by atoms with van der Waals surface area (Å²) >= 11 is 0.873. The molecule has 3 rings (SSSR count). The zero-order chi connectivity index (χ0) is 17.3. The maximum absolute atomic E-state index is 12.9. The number of hydrogen-bond donors (Lipinski definition) is 0. The third-order valence-corrected chi connectivity index (χ3v) is 3.84. The normalized spacial score (nSPS) is 11.4. The van der Waals surface area contributed by atoms with Crippen molar-refractivity contribution >= 4 is 22.3 Å². The van der Waals surface area contributed by atoms with Gasteiger partial charge in [0.1, 0.15) is 5.01 Å². The van der Waals surface area contributed by atoms with Crippen LogP contribution in [0.1, 0.15) is 16.2 Å². The molecule has 24 heavy (non-hydrogen) atoms. The van der Waals surface area contributed by atoms with Gasteiger partial charge in [-0.2, -0.15) is 22.8 Å². The summed E-state index contributed by atoms with van der Waals surface area (Å²) in [5, 5.41) is 10.6. The lowest BCUT2D eigenvalue weighted by atomic mass is 10.1. The van der Waals surface area contributed by atoms with Crippen molar-refractivity contribution in [1.29, 1.82) is 0 Å². The van der Waals surface area contributed by atoms with Crippen molar-refractivity contribution in [1.82, 2.24) is 19.8 Å². The van der Waals surface area contributed by atoms with Gasteiger partial charge in [0.15, 0.2) is 6.61 Å². The molecule has 1 aromatic carbocycles. The molecule has 3 aromatic rings. The molecule has 0 atom stereocenters. The first-order valence-electron chi connectivity index (χ1n) is 6.41. The minimum absolute atomic E-state index is 0.0379. The monoisotopic (exact) mass is 352 g/mol. The average molecular weight is 352 g/mol. The fourth-order valence-corrected chi connectivity index (χ4v) is 2.81. The standard InChI is InChI=1S/C14H7F3N4O2S/c1-2-7-23-11(22)9-6-4-3-5-8(9)10-20-21-12(14(15,16)17)18-19-13(21)24-10/h1,3-6H,7H2. The number of halogens is 3. The lowest BCUT2D eigenvalue weighted by Gasteiger charge is -2.05. The first-order valence-corrected chi connectivity index (χ1v) is 7.23. The molecule has 0 saturated carbocycles. The number of hydrogen-bond acceptors (Lipinski definition) is 6. The second kappa shape index (κ2) is 5.93. The van der Waals surface area contributed by atoms with Gasteiger partial charge in [0.05, 0.1) is 5.56 Å². The van der Waals surface area contributed by atoms with Crippen LogP contribution in [0.25, 0.3) is 15.5 Å². The Morgan fingerprint density at radius 3 is 2.79 bits per heavy atom. The summed E-state index contributed by atoms with van der Waals surface area (Å²) < 4.78 is 44.0. The Labute approximate surface area is 136 Å². The van der Waals surface area contributed by atoms with Gasteiger partial charge in [-0.1, -0.05) is 35.5 Å². The number of carbonyl (C=O) groups is 1. The van der Waals surface area contributed by atoms with E-state index < -0.39 is 18.0 Å². The summed E-state index contributed by atoms with van der Waals surface area (Å²) in [7, 11) is 0. The molecule has 0 bridgehead atoms. The molecule has 0 amide bonds. The van der Waals surface area contributed by atoms with Crippen LogP contribution in [0, 0.1) is 12.3 Å². The molecule has 0 unspecified atom stereocenters. The summed E-state index contributed by atoms with van der Waals surface area (Å²) in [5.74, 6) is 0.247. The van der Waals surface area contributed by atoms with Crippen molar-refractivity contribution in [3.05, 3.63) is 35.7 Å². The van der Waals surface area contributed by atoms with E-state index in [-0.39, 0.29) is 22.1 Å². The van der Waals surface area contributed by atoms with Crippen molar-refractivity contribution in [3.63, 3.8) is 0 Å². The van der Waals surface area contributed by atoms with Gasteiger partial charge in [-0.25, -0.2) is 4.79 Å². The van der Waals surface area contributed by atoms with E-state index in [0.29, 0.717) is 10.1 Å². The lowest BCUT2D eigenvalue weighted by Crippen LogP contribution is -2.11. The Bertz CT molecular complexity index is 955. The number of fused-ring (bicyclic) bond motifs is 1. The highest BCUT2D eigenvalue weighted by atomic mass is 32.1. The molecule has 122 valence electrons. The Balaban J connectivity index is 2.07. The number of alkyl halides is 3. The molecule has 2 heterocycles. The van der Waals surface area contributed by atoms with Gasteiger partial charge < -0.3 is 4.74 Å². The Hall–Kier alpha value is -2.93. The van der Waals surface area contributed by atoms with E-state index in [1.807, 2.05) is 0 Å². The Morgan fingerprint density at radius 2 is 2.08 bits per heavy atom. The van der Waals surface area contributed by atoms with Crippen molar-refractivity contribution in [2.75, 3.05) is 6.61 Å². The largest absolute Gasteiger partial charge is 0.453 e. The van der Waals surface area contributed by atoms with E-state index in [1.165, 1.54) is 6.07 Å². The minimum Gasteiger partial charge on any atom is -0.449 e. The van der Waals surface area contributed by atoms with Gasteiger partial charge in [0.2, 0.25) is 4.96 Å². The maximum Gasteiger partial charge on any atom is 0.453 e. The third kappa shape index (κ3) is 2.81. The van der Waals surface area contributed by atoms with Gasteiger partial charge >= 0.3 is 12.1 Å². The van der Waals surface area contributed by atoms with Gasteiger partial charge in [-0.3, -0.25) is 0 Å².